The molecule has 3 rings (SSSR count). The predicted molar refractivity (Wildman–Crippen MR) is 87.0 cm³/mol. The van der Waals surface area contributed by atoms with Gasteiger partial charge in [0.2, 0.25) is 11.8 Å². The maximum Gasteiger partial charge on any atom is 0.229 e. The highest BCUT2D eigenvalue weighted by Crippen LogP contribution is 2.22. The van der Waals surface area contributed by atoms with Gasteiger partial charge >= 0.3 is 0 Å². The molecule has 0 saturated carbocycles. The molecule has 1 saturated heterocycles. The number of nitrogens with one attached hydrogen (secondary N) is 2. The lowest BCUT2D eigenvalue weighted by atomic mass is 10.2. The standard InChI is InChI=1S/C17H20N4O2/c1-12-2-5-15(6-3-12)21-11-14(8-17(21)23)20-16(22)7-4-13-9-18-19-10-13/h2-3,5-6,9-10,14H,4,7-8,11H2,1H3,(H,18,19)(H,20,22)/t14-/m0/s1. The summed E-state index contributed by atoms with van der Waals surface area (Å²) in [7, 11) is 0. The molecule has 0 bridgehead atoms. The predicted octanol–water partition coefficient (Wildman–Crippen LogP) is 1.57. The van der Waals surface area contributed by atoms with E-state index in [1.54, 1.807) is 17.3 Å². The second-order valence-electron chi connectivity index (χ2n) is 5.92. The molecule has 1 aliphatic heterocycles. The van der Waals surface area contributed by atoms with Gasteiger partial charge in [0.1, 0.15) is 0 Å². The molecule has 1 atom stereocenters. The number of rotatable bonds is 5. The van der Waals surface area contributed by atoms with Crippen LogP contribution in [0.1, 0.15) is 24.0 Å². The number of anilines is 1. The molecule has 1 fully saturated rings. The van der Waals surface area contributed by atoms with Crippen LogP contribution in [0.3, 0.4) is 0 Å². The number of nitrogens with zero attached hydrogens (tertiary/aromatic N) is 2. The summed E-state index contributed by atoms with van der Waals surface area (Å²) in [4.78, 5) is 25.9. The Balaban J connectivity index is 1.53. The quantitative estimate of drug-likeness (QED) is 0.880. The van der Waals surface area contributed by atoms with Crippen molar-refractivity contribution in [2.75, 3.05) is 11.4 Å². The number of benzene rings is 1. The van der Waals surface area contributed by atoms with Crippen molar-refractivity contribution in [3.05, 3.63) is 47.8 Å². The van der Waals surface area contributed by atoms with Crippen molar-refractivity contribution < 1.29 is 9.59 Å². The van der Waals surface area contributed by atoms with Crippen LogP contribution < -0.4 is 10.2 Å². The minimum atomic E-state index is -0.124. The molecular weight excluding hydrogens is 292 g/mol. The SMILES string of the molecule is Cc1ccc(N2C[C@@H](NC(=O)CCc3cn[nH]c3)CC2=O)cc1. The smallest absolute Gasteiger partial charge is 0.229 e. The van der Waals surface area contributed by atoms with E-state index in [4.69, 9.17) is 0 Å². The minimum Gasteiger partial charge on any atom is -0.351 e. The van der Waals surface area contributed by atoms with E-state index >= 15 is 0 Å². The number of carbonyl (C=O) groups excluding carboxylic acids is 2. The fourth-order valence-corrected chi connectivity index (χ4v) is 2.75. The summed E-state index contributed by atoms with van der Waals surface area (Å²) in [6.45, 7) is 2.54. The van der Waals surface area contributed by atoms with Crippen molar-refractivity contribution in [3.63, 3.8) is 0 Å². The van der Waals surface area contributed by atoms with E-state index < -0.39 is 0 Å². The lowest BCUT2D eigenvalue weighted by Gasteiger charge is -2.17. The van der Waals surface area contributed by atoms with Gasteiger partial charge in [-0.1, -0.05) is 17.7 Å². The number of aryl methyl sites for hydroxylation is 2. The molecule has 2 N–H and O–H groups in total. The first kappa shape index (κ1) is 15.3. The minimum absolute atomic E-state index is 0.0326. The molecule has 1 aromatic heterocycles. The fraction of sp³-hybridized carbons (Fsp3) is 0.353. The molecule has 2 aromatic rings. The highest BCUT2D eigenvalue weighted by molar-refractivity contribution is 5.96. The zero-order chi connectivity index (χ0) is 16.2. The Morgan fingerprint density at radius 2 is 2.17 bits per heavy atom. The summed E-state index contributed by atoms with van der Waals surface area (Å²) in [5.74, 6) is 0.0174. The van der Waals surface area contributed by atoms with Crippen LogP contribution in [-0.2, 0) is 16.0 Å². The third-order valence-corrected chi connectivity index (χ3v) is 4.03. The molecule has 2 heterocycles. The van der Waals surface area contributed by atoms with Gasteiger partial charge in [-0.15, -0.1) is 0 Å². The van der Waals surface area contributed by atoms with Gasteiger partial charge in [0.25, 0.3) is 0 Å². The summed E-state index contributed by atoms with van der Waals surface area (Å²) in [6.07, 6.45) is 4.89. The van der Waals surface area contributed by atoms with Gasteiger partial charge in [-0.05, 0) is 31.0 Å². The highest BCUT2D eigenvalue weighted by atomic mass is 16.2. The molecular formula is C17H20N4O2. The second-order valence-corrected chi connectivity index (χ2v) is 5.92. The average molecular weight is 312 g/mol. The lowest BCUT2D eigenvalue weighted by molar-refractivity contribution is -0.121. The van der Waals surface area contributed by atoms with Crippen molar-refractivity contribution in [1.82, 2.24) is 15.5 Å². The summed E-state index contributed by atoms with van der Waals surface area (Å²) < 4.78 is 0. The third kappa shape index (κ3) is 3.77. The van der Waals surface area contributed by atoms with Crippen LogP contribution in [-0.4, -0.2) is 34.6 Å². The normalized spacial score (nSPS) is 17.5. The Morgan fingerprint density at radius 3 is 2.87 bits per heavy atom. The van der Waals surface area contributed by atoms with Gasteiger partial charge in [0, 0.05) is 31.3 Å². The molecule has 6 heteroatoms. The summed E-state index contributed by atoms with van der Waals surface area (Å²) in [5, 5.41) is 9.53. The van der Waals surface area contributed by atoms with Gasteiger partial charge < -0.3 is 10.2 Å². The molecule has 6 nitrogen and oxygen atoms in total. The van der Waals surface area contributed by atoms with Crippen LogP contribution in [0.5, 0.6) is 0 Å². The van der Waals surface area contributed by atoms with Gasteiger partial charge in [-0.25, -0.2) is 0 Å². The van der Waals surface area contributed by atoms with Crippen molar-refractivity contribution in [2.45, 2.75) is 32.2 Å². The monoisotopic (exact) mass is 312 g/mol. The van der Waals surface area contributed by atoms with Crippen LogP contribution >= 0.6 is 0 Å². The zero-order valence-corrected chi connectivity index (χ0v) is 13.1. The number of carbonyl (C=O) groups is 2. The lowest BCUT2D eigenvalue weighted by Crippen LogP contribution is -2.37. The number of aromatic amines is 1. The van der Waals surface area contributed by atoms with E-state index in [0.29, 0.717) is 25.8 Å². The van der Waals surface area contributed by atoms with E-state index in [-0.39, 0.29) is 17.9 Å². The third-order valence-electron chi connectivity index (χ3n) is 4.03. The number of H-pyrrole nitrogens is 1. The number of amides is 2. The van der Waals surface area contributed by atoms with E-state index in [0.717, 1.165) is 16.8 Å². The molecule has 0 unspecified atom stereocenters. The van der Waals surface area contributed by atoms with Crippen molar-refractivity contribution in [1.29, 1.82) is 0 Å². The number of hydrogen-bond donors (Lipinski definition) is 2. The Morgan fingerprint density at radius 1 is 1.39 bits per heavy atom. The van der Waals surface area contributed by atoms with Crippen LogP contribution in [0.15, 0.2) is 36.7 Å². The molecule has 23 heavy (non-hydrogen) atoms. The highest BCUT2D eigenvalue weighted by Gasteiger charge is 2.31. The largest absolute Gasteiger partial charge is 0.351 e. The van der Waals surface area contributed by atoms with Crippen LogP contribution in [0, 0.1) is 6.92 Å². The number of hydrogen-bond acceptors (Lipinski definition) is 3. The van der Waals surface area contributed by atoms with Crippen molar-refractivity contribution >= 4 is 17.5 Å². The van der Waals surface area contributed by atoms with E-state index in [1.165, 1.54) is 0 Å². The van der Waals surface area contributed by atoms with Crippen LogP contribution in [0.25, 0.3) is 0 Å². The summed E-state index contributed by atoms with van der Waals surface area (Å²) >= 11 is 0. The van der Waals surface area contributed by atoms with Crippen molar-refractivity contribution in [2.24, 2.45) is 0 Å². The van der Waals surface area contributed by atoms with E-state index in [1.807, 2.05) is 31.2 Å². The molecule has 0 radical (unpaired) electrons. The first-order chi connectivity index (χ1) is 11.1. The van der Waals surface area contributed by atoms with Crippen LogP contribution in [0.4, 0.5) is 5.69 Å². The molecule has 1 aromatic carbocycles. The van der Waals surface area contributed by atoms with Gasteiger partial charge in [-0.2, -0.15) is 5.10 Å². The Kier molecular flexibility index (Phi) is 4.41. The Labute approximate surface area is 134 Å². The fourth-order valence-electron chi connectivity index (χ4n) is 2.75. The van der Waals surface area contributed by atoms with Crippen molar-refractivity contribution in [3.8, 4) is 0 Å². The Hall–Kier alpha value is -2.63. The maximum atomic E-state index is 12.2. The topological polar surface area (TPSA) is 78.1 Å². The van der Waals surface area contributed by atoms with E-state index in [2.05, 4.69) is 15.5 Å². The molecule has 1 aliphatic rings. The summed E-state index contributed by atoms with van der Waals surface area (Å²) in [6, 6.07) is 7.73. The van der Waals surface area contributed by atoms with Crippen LogP contribution in [0.2, 0.25) is 0 Å². The average Bonchev–Trinajstić information content (AvgIpc) is 3.16. The molecule has 2 amide bonds. The second kappa shape index (κ2) is 6.64. The molecule has 0 spiro atoms. The number of aromatic nitrogens is 2. The first-order valence-corrected chi connectivity index (χ1v) is 7.76. The molecule has 120 valence electrons. The van der Waals surface area contributed by atoms with Gasteiger partial charge in [-0.3, -0.25) is 14.7 Å². The van der Waals surface area contributed by atoms with Gasteiger partial charge in [0.05, 0.1) is 12.2 Å². The summed E-state index contributed by atoms with van der Waals surface area (Å²) in [5.41, 5.74) is 3.05. The first-order valence-electron chi connectivity index (χ1n) is 7.76. The van der Waals surface area contributed by atoms with E-state index in [9.17, 15) is 9.59 Å². The van der Waals surface area contributed by atoms with Gasteiger partial charge in [0.15, 0.2) is 0 Å². The zero-order valence-electron chi connectivity index (χ0n) is 13.1. The maximum absolute atomic E-state index is 12.2. The molecule has 0 aliphatic carbocycles. The Bertz CT molecular complexity index is 679.